The van der Waals surface area contributed by atoms with Crippen molar-refractivity contribution in [1.82, 2.24) is 10.3 Å². The van der Waals surface area contributed by atoms with Gasteiger partial charge < -0.3 is 19.7 Å². The molecule has 0 atom stereocenters. The highest BCUT2D eigenvalue weighted by Crippen LogP contribution is 2.36. The van der Waals surface area contributed by atoms with Gasteiger partial charge in [-0.1, -0.05) is 36.4 Å². The Bertz CT molecular complexity index is 1180. The van der Waals surface area contributed by atoms with Gasteiger partial charge in [-0.15, -0.1) is 0 Å². The number of methoxy groups -OCH3 is 1. The van der Waals surface area contributed by atoms with Crippen LogP contribution in [0.5, 0.6) is 5.75 Å². The van der Waals surface area contributed by atoms with E-state index in [0.717, 1.165) is 33.2 Å². The minimum absolute atomic E-state index is 0.230. The van der Waals surface area contributed by atoms with Crippen molar-refractivity contribution in [2.75, 3.05) is 32.2 Å². The predicted molar refractivity (Wildman–Crippen MR) is 120 cm³/mol. The molecule has 0 aliphatic heterocycles. The average Bonchev–Trinajstić information content (AvgIpc) is 2.80. The lowest BCUT2D eigenvalue weighted by Gasteiger charge is -2.27. The van der Waals surface area contributed by atoms with Gasteiger partial charge in [-0.3, -0.25) is 0 Å². The number of fused-ring (bicyclic) bond motifs is 2. The topological polar surface area (TPSA) is 63.7 Å². The number of aromatic nitrogens is 1. The standard InChI is InChI=1S/C24H23N3O3/c1-25-24(28)30-13-12-27(18-9-4-3-5-10-18)23-16-19(29-2)15-22-20(23)14-17-8-6-7-11-21(17)26-22/h3-11,14-16H,12-13H2,1-2H3,(H,25,28). The highest BCUT2D eigenvalue weighted by atomic mass is 16.5. The second-order valence-corrected chi connectivity index (χ2v) is 6.77. The molecule has 3 aromatic carbocycles. The zero-order valence-corrected chi connectivity index (χ0v) is 17.0. The molecule has 0 saturated carbocycles. The Balaban J connectivity index is 1.86. The number of anilines is 2. The second-order valence-electron chi connectivity index (χ2n) is 6.77. The van der Waals surface area contributed by atoms with Crippen molar-refractivity contribution in [3.63, 3.8) is 0 Å². The molecule has 1 aromatic heterocycles. The van der Waals surface area contributed by atoms with E-state index in [4.69, 9.17) is 14.5 Å². The molecule has 0 spiro atoms. The van der Waals surface area contributed by atoms with Gasteiger partial charge in [0.05, 0.1) is 30.4 Å². The van der Waals surface area contributed by atoms with E-state index in [1.807, 2.05) is 60.7 Å². The molecule has 152 valence electrons. The normalized spacial score (nSPS) is 10.7. The van der Waals surface area contributed by atoms with E-state index < -0.39 is 6.09 Å². The van der Waals surface area contributed by atoms with Crippen LogP contribution in [0.3, 0.4) is 0 Å². The molecule has 0 aliphatic rings. The summed E-state index contributed by atoms with van der Waals surface area (Å²) in [6.45, 7) is 0.709. The van der Waals surface area contributed by atoms with Crippen molar-refractivity contribution in [2.45, 2.75) is 0 Å². The van der Waals surface area contributed by atoms with Crippen molar-refractivity contribution >= 4 is 39.3 Å². The lowest BCUT2D eigenvalue weighted by molar-refractivity contribution is 0.152. The highest BCUT2D eigenvalue weighted by molar-refractivity contribution is 6.01. The Kier molecular flexibility index (Phi) is 5.66. The lowest BCUT2D eigenvalue weighted by atomic mass is 10.1. The number of nitrogens with zero attached hydrogens (tertiary/aromatic N) is 2. The minimum Gasteiger partial charge on any atom is -0.497 e. The van der Waals surface area contributed by atoms with Gasteiger partial charge in [0.25, 0.3) is 0 Å². The second kappa shape index (κ2) is 8.69. The Hall–Kier alpha value is -3.80. The van der Waals surface area contributed by atoms with Gasteiger partial charge in [0, 0.05) is 35.6 Å². The molecule has 0 unspecified atom stereocenters. The first-order valence-electron chi connectivity index (χ1n) is 9.74. The molecule has 0 aliphatic carbocycles. The first-order chi connectivity index (χ1) is 14.7. The number of carbonyl (C=O) groups is 1. The van der Waals surface area contributed by atoms with Crippen LogP contribution in [0.15, 0.2) is 72.8 Å². The molecule has 6 nitrogen and oxygen atoms in total. The molecule has 30 heavy (non-hydrogen) atoms. The van der Waals surface area contributed by atoms with Crippen molar-refractivity contribution in [3.8, 4) is 5.75 Å². The largest absolute Gasteiger partial charge is 0.497 e. The van der Waals surface area contributed by atoms with Crippen molar-refractivity contribution in [3.05, 3.63) is 72.8 Å². The van der Waals surface area contributed by atoms with E-state index in [2.05, 4.69) is 22.3 Å². The summed E-state index contributed by atoms with van der Waals surface area (Å²) in [6.07, 6.45) is -0.453. The summed E-state index contributed by atoms with van der Waals surface area (Å²) >= 11 is 0. The Morgan fingerprint density at radius 2 is 1.77 bits per heavy atom. The number of para-hydroxylation sites is 2. The third-order valence-corrected chi connectivity index (χ3v) is 4.93. The average molecular weight is 401 g/mol. The molecular weight excluding hydrogens is 378 g/mol. The van der Waals surface area contributed by atoms with Gasteiger partial charge in [0.1, 0.15) is 12.4 Å². The first kappa shape index (κ1) is 19.5. The number of alkyl carbamates (subject to hydrolysis) is 1. The van der Waals surface area contributed by atoms with Crippen LogP contribution in [-0.2, 0) is 4.74 Å². The molecule has 1 N–H and O–H groups in total. The van der Waals surface area contributed by atoms with Gasteiger partial charge in [-0.05, 0) is 24.3 Å². The fourth-order valence-corrected chi connectivity index (χ4v) is 3.47. The predicted octanol–water partition coefficient (Wildman–Crippen LogP) is 4.89. The number of hydrogen-bond acceptors (Lipinski definition) is 5. The molecule has 0 saturated heterocycles. The number of benzene rings is 3. The molecule has 1 heterocycles. The molecule has 0 bridgehead atoms. The van der Waals surface area contributed by atoms with E-state index in [0.29, 0.717) is 12.3 Å². The highest BCUT2D eigenvalue weighted by Gasteiger charge is 2.16. The molecule has 0 radical (unpaired) electrons. The minimum atomic E-state index is -0.453. The van der Waals surface area contributed by atoms with Crippen molar-refractivity contribution in [2.24, 2.45) is 0 Å². The zero-order valence-electron chi connectivity index (χ0n) is 17.0. The molecular formula is C24H23N3O3. The van der Waals surface area contributed by atoms with Gasteiger partial charge in [0.2, 0.25) is 0 Å². The van der Waals surface area contributed by atoms with E-state index >= 15 is 0 Å². The third-order valence-electron chi connectivity index (χ3n) is 4.93. The summed E-state index contributed by atoms with van der Waals surface area (Å²) in [6, 6.07) is 24.1. The summed E-state index contributed by atoms with van der Waals surface area (Å²) in [4.78, 5) is 18.5. The van der Waals surface area contributed by atoms with Crippen LogP contribution in [-0.4, -0.2) is 38.4 Å². The van der Waals surface area contributed by atoms with E-state index in [1.165, 1.54) is 0 Å². The van der Waals surface area contributed by atoms with E-state index in [9.17, 15) is 4.79 Å². The Morgan fingerprint density at radius 3 is 2.53 bits per heavy atom. The number of carbonyl (C=O) groups excluding carboxylic acids is 1. The number of pyridine rings is 1. The van der Waals surface area contributed by atoms with Gasteiger partial charge in [0.15, 0.2) is 0 Å². The quantitative estimate of drug-likeness (QED) is 0.466. The summed E-state index contributed by atoms with van der Waals surface area (Å²) in [5, 5.41) is 4.54. The van der Waals surface area contributed by atoms with Crippen LogP contribution >= 0.6 is 0 Å². The van der Waals surface area contributed by atoms with Crippen molar-refractivity contribution in [1.29, 1.82) is 0 Å². The molecule has 0 fully saturated rings. The number of ether oxygens (including phenoxy) is 2. The van der Waals surface area contributed by atoms with Crippen LogP contribution in [0.2, 0.25) is 0 Å². The first-order valence-corrected chi connectivity index (χ1v) is 9.74. The fraction of sp³-hybridized carbons (Fsp3) is 0.167. The number of amides is 1. The smallest absolute Gasteiger partial charge is 0.406 e. The van der Waals surface area contributed by atoms with E-state index in [-0.39, 0.29) is 6.61 Å². The number of rotatable bonds is 6. The molecule has 4 aromatic rings. The number of hydrogen-bond donors (Lipinski definition) is 1. The molecule has 4 rings (SSSR count). The summed E-state index contributed by atoms with van der Waals surface area (Å²) in [7, 11) is 3.19. The Morgan fingerprint density at radius 1 is 1.00 bits per heavy atom. The Labute approximate surface area is 175 Å². The maximum atomic E-state index is 11.5. The summed E-state index contributed by atoms with van der Waals surface area (Å²) in [5.41, 5.74) is 3.70. The van der Waals surface area contributed by atoms with Crippen LogP contribution in [0.25, 0.3) is 21.8 Å². The zero-order chi connectivity index (χ0) is 20.9. The summed E-state index contributed by atoms with van der Waals surface area (Å²) < 4.78 is 10.8. The lowest BCUT2D eigenvalue weighted by Crippen LogP contribution is -2.27. The van der Waals surface area contributed by atoms with Gasteiger partial charge in [-0.2, -0.15) is 0 Å². The molecule has 1 amide bonds. The van der Waals surface area contributed by atoms with Crippen LogP contribution in [0.4, 0.5) is 16.2 Å². The van der Waals surface area contributed by atoms with Gasteiger partial charge in [-0.25, -0.2) is 9.78 Å². The molecule has 6 heteroatoms. The SMILES string of the molecule is CNC(=O)OCCN(c1ccccc1)c1cc(OC)cc2nc3ccccc3cc12. The maximum absolute atomic E-state index is 11.5. The fourth-order valence-electron chi connectivity index (χ4n) is 3.47. The summed E-state index contributed by atoms with van der Waals surface area (Å²) in [5.74, 6) is 0.716. The maximum Gasteiger partial charge on any atom is 0.406 e. The third kappa shape index (κ3) is 3.98. The monoisotopic (exact) mass is 401 g/mol. The van der Waals surface area contributed by atoms with E-state index in [1.54, 1.807) is 14.2 Å². The van der Waals surface area contributed by atoms with Crippen LogP contribution in [0.1, 0.15) is 0 Å². The number of nitrogens with one attached hydrogen (secondary N) is 1. The van der Waals surface area contributed by atoms with Crippen molar-refractivity contribution < 1.29 is 14.3 Å². The van der Waals surface area contributed by atoms with Crippen LogP contribution in [0, 0.1) is 0 Å². The van der Waals surface area contributed by atoms with Gasteiger partial charge >= 0.3 is 6.09 Å². The van der Waals surface area contributed by atoms with Crippen LogP contribution < -0.4 is 15.0 Å².